The Morgan fingerprint density at radius 2 is 2.35 bits per heavy atom. The van der Waals surface area contributed by atoms with Gasteiger partial charge in [0, 0.05) is 0 Å². The highest BCUT2D eigenvalue weighted by molar-refractivity contribution is 5.88. The van der Waals surface area contributed by atoms with Crippen molar-refractivity contribution < 1.29 is 9.53 Å². The number of nitrogens with one attached hydrogen (secondary N) is 1. The van der Waals surface area contributed by atoms with Crippen LogP contribution in [0, 0.1) is 0 Å². The summed E-state index contributed by atoms with van der Waals surface area (Å²) < 4.78 is 5.24. The Hall–Kier alpha value is -2.00. The Labute approximate surface area is 98.1 Å². The topological polar surface area (TPSA) is 132 Å². The van der Waals surface area contributed by atoms with Gasteiger partial charge >= 0.3 is 12.0 Å². The summed E-state index contributed by atoms with van der Waals surface area (Å²) in [4.78, 5) is 22.5. The number of amides is 2. The zero-order valence-electron chi connectivity index (χ0n) is 9.46. The summed E-state index contributed by atoms with van der Waals surface area (Å²) in [7, 11) is 0. The molecule has 1 heterocycles. The molecule has 0 saturated heterocycles. The molecule has 1 aromatic rings. The Morgan fingerprint density at radius 1 is 1.59 bits per heavy atom. The molecule has 0 unspecified atom stereocenters. The summed E-state index contributed by atoms with van der Waals surface area (Å²) in [5.41, 5.74) is 1.86. The average Bonchev–Trinajstić information content (AvgIpc) is 2.37. The van der Waals surface area contributed by atoms with Gasteiger partial charge in [-0.1, -0.05) is 13.3 Å². The molecule has 17 heavy (non-hydrogen) atoms. The summed E-state index contributed by atoms with van der Waals surface area (Å²) in [6.45, 7) is 2.53. The van der Waals surface area contributed by atoms with Crippen LogP contribution in [0.4, 0.5) is 10.7 Å². The van der Waals surface area contributed by atoms with E-state index in [1.165, 1.54) is 6.33 Å². The number of carbonyl (C=O) groups is 1. The molecule has 0 aromatic carbocycles. The minimum atomic E-state index is -0.740. The van der Waals surface area contributed by atoms with Crippen LogP contribution in [0.5, 0.6) is 6.01 Å². The predicted molar refractivity (Wildman–Crippen MR) is 59.6 cm³/mol. The van der Waals surface area contributed by atoms with Crippen molar-refractivity contribution in [2.45, 2.75) is 19.8 Å². The summed E-state index contributed by atoms with van der Waals surface area (Å²) in [6.07, 6.45) is 3.08. The second-order valence-corrected chi connectivity index (χ2v) is 3.09. The molecule has 0 spiro atoms. The van der Waals surface area contributed by atoms with Crippen LogP contribution < -0.4 is 26.9 Å². The Morgan fingerprint density at radius 3 is 3.00 bits per heavy atom. The van der Waals surface area contributed by atoms with E-state index in [0.717, 1.165) is 12.8 Å². The van der Waals surface area contributed by atoms with Crippen molar-refractivity contribution in [2.24, 2.45) is 11.7 Å². The summed E-state index contributed by atoms with van der Waals surface area (Å²) in [6, 6.07) is -0.626. The molecule has 0 atom stereocenters. The number of unbranched alkanes of at least 4 members (excludes halogenated alkanes) is 1. The number of ether oxygens (including phenoxy) is 1. The standard InChI is InChI=1S/C8H15N7O2/c1-2-3-4-17-7-12-5-11-6(13-7)15(10)8(16)14-9/h5H,2-4,9-10H2,1H3,(H,14,16). The number of hydrazine groups is 2. The van der Waals surface area contributed by atoms with Gasteiger partial charge in [-0.2, -0.15) is 20.0 Å². The highest BCUT2D eigenvalue weighted by Gasteiger charge is 2.14. The first-order chi connectivity index (χ1) is 8.19. The highest BCUT2D eigenvalue weighted by atomic mass is 16.5. The van der Waals surface area contributed by atoms with E-state index in [-0.39, 0.29) is 12.0 Å². The minimum absolute atomic E-state index is 0.0468. The van der Waals surface area contributed by atoms with Gasteiger partial charge in [-0.15, -0.1) is 0 Å². The van der Waals surface area contributed by atoms with E-state index in [2.05, 4.69) is 15.0 Å². The molecule has 1 rings (SSSR count). The number of nitrogens with two attached hydrogens (primary N) is 2. The van der Waals surface area contributed by atoms with Gasteiger partial charge in [0.25, 0.3) is 5.95 Å². The number of hydrogen-bond donors (Lipinski definition) is 3. The van der Waals surface area contributed by atoms with E-state index in [9.17, 15) is 4.79 Å². The van der Waals surface area contributed by atoms with Crippen molar-refractivity contribution in [3.63, 3.8) is 0 Å². The lowest BCUT2D eigenvalue weighted by Gasteiger charge is -2.13. The summed E-state index contributed by atoms with van der Waals surface area (Å²) in [5, 5.41) is 0.661. The van der Waals surface area contributed by atoms with Crippen molar-refractivity contribution in [1.82, 2.24) is 20.4 Å². The monoisotopic (exact) mass is 241 g/mol. The number of urea groups is 1. The van der Waals surface area contributed by atoms with Crippen molar-refractivity contribution in [2.75, 3.05) is 11.6 Å². The van der Waals surface area contributed by atoms with Crippen molar-refractivity contribution in [3.8, 4) is 6.01 Å². The highest BCUT2D eigenvalue weighted by Crippen LogP contribution is 2.07. The molecule has 9 nitrogen and oxygen atoms in total. The van der Waals surface area contributed by atoms with Gasteiger partial charge in [-0.05, 0) is 6.42 Å². The van der Waals surface area contributed by atoms with Gasteiger partial charge in [-0.25, -0.2) is 16.5 Å². The van der Waals surface area contributed by atoms with Crippen LogP contribution >= 0.6 is 0 Å². The van der Waals surface area contributed by atoms with Crippen LogP contribution in [-0.2, 0) is 0 Å². The van der Waals surface area contributed by atoms with E-state index < -0.39 is 6.03 Å². The molecular weight excluding hydrogens is 226 g/mol. The Kier molecular flexibility index (Phi) is 5.04. The lowest BCUT2D eigenvalue weighted by Crippen LogP contribution is -2.48. The van der Waals surface area contributed by atoms with Crippen LogP contribution in [0.3, 0.4) is 0 Å². The average molecular weight is 241 g/mol. The van der Waals surface area contributed by atoms with Crippen LogP contribution in [-0.4, -0.2) is 27.6 Å². The molecule has 1 aromatic heterocycles. The smallest absolute Gasteiger partial charge is 0.353 e. The van der Waals surface area contributed by atoms with Crippen LogP contribution in [0.2, 0.25) is 0 Å². The van der Waals surface area contributed by atoms with Crippen LogP contribution in [0.15, 0.2) is 6.33 Å². The van der Waals surface area contributed by atoms with Crippen LogP contribution in [0.1, 0.15) is 19.8 Å². The van der Waals surface area contributed by atoms with E-state index in [0.29, 0.717) is 11.6 Å². The van der Waals surface area contributed by atoms with Gasteiger partial charge in [-0.3, -0.25) is 5.43 Å². The molecule has 0 radical (unpaired) electrons. The van der Waals surface area contributed by atoms with Crippen molar-refractivity contribution in [3.05, 3.63) is 6.33 Å². The van der Waals surface area contributed by atoms with Gasteiger partial charge in [0.05, 0.1) is 6.61 Å². The fourth-order valence-corrected chi connectivity index (χ4v) is 0.927. The number of nitrogens with zero attached hydrogens (tertiary/aromatic N) is 4. The molecule has 0 saturated carbocycles. The van der Waals surface area contributed by atoms with Crippen molar-refractivity contribution >= 4 is 12.0 Å². The predicted octanol–water partition coefficient (Wildman–Crippen LogP) is -0.686. The SMILES string of the molecule is CCCCOc1ncnc(N(N)C(=O)NN)n1. The van der Waals surface area contributed by atoms with Gasteiger partial charge in [0.15, 0.2) is 0 Å². The largest absolute Gasteiger partial charge is 0.463 e. The first-order valence-corrected chi connectivity index (χ1v) is 5.06. The lowest BCUT2D eigenvalue weighted by molar-refractivity contribution is 0.246. The van der Waals surface area contributed by atoms with Gasteiger partial charge < -0.3 is 4.74 Å². The van der Waals surface area contributed by atoms with Crippen LogP contribution in [0.25, 0.3) is 0 Å². The number of aromatic nitrogens is 3. The second-order valence-electron chi connectivity index (χ2n) is 3.09. The Balaban J connectivity index is 2.68. The third-order valence-electron chi connectivity index (χ3n) is 1.82. The molecule has 2 amide bonds. The van der Waals surface area contributed by atoms with Crippen molar-refractivity contribution in [1.29, 1.82) is 0 Å². The molecule has 0 aliphatic rings. The fraction of sp³-hybridized carbons (Fsp3) is 0.500. The Bertz CT molecular complexity index is 373. The third-order valence-corrected chi connectivity index (χ3v) is 1.82. The van der Waals surface area contributed by atoms with E-state index >= 15 is 0 Å². The first kappa shape index (κ1) is 13.1. The zero-order chi connectivity index (χ0) is 12.7. The molecular formula is C8H15N7O2. The van der Waals surface area contributed by atoms with E-state index in [4.69, 9.17) is 16.4 Å². The molecule has 5 N–H and O–H groups in total. The third kappa shape index (κ3) is 3.81. The summed E-state index contributed by atoms with van der Waals surface area (Å²) in [5.74, 6) is 10.3. The molecule has 0 aliphatic heterocycles. The number of carbonyl (C=O) groups excluding carboxylic acids is 1. The summed E-state index contributed by atoms with van der Waals surface area (Å²) >= 11 is 0. The molecule has 9 heteroatoms. The molecule has 0 aliphatic carbocycles. The van der Waals surface area contributed by atoms with E-state index in [1.54, 1.807) is 0 Å². The second kappa shape index (κ2) is 6.55. The maximum atomic E-state index is 11.1. The quantitative estimate of drug-likeness (QED) is 0.269. The van der Waals surface area contributed by atoms with Gasteiger partial charge in [0.2, 0.25) is 0 Å². The minimum Gasteiger partial charge on any atom is -0.463 e. The van der Waals surface area contributed by atoms with Gasteiger partial charge in [0.1, 0.15) is 6.33 Å². The number of anilines is 1. The maximum Gasteiger partial charge on any atom is 0.353 e. The number of rotatable bonds is 5. The molecule has 94 valence electrons. The maximum absolute atomic E-state index is 11.1. The zero-order valence-corrected chi connectivity index (χ0v) is 9.46. The number of hydrogen-bond acceptors (Lipinski definition) is 7. The first-order valence-electron chi connectivity index (χ1n) is 5.06. The lowest BCUT2D eigenvalue weighted by atomic mass is 10.4. The normalized spacial score (nSPS) is 9.82. The van der Waals surface area contributed by atoms with E-state index in [1.807, 2.05) is 12.3 Å². The molecule has 0 fully saturated rings. The fourth-order valence-electron chi connectivity index (χ4n) is 0.927. The molecule has 0 bridgehead atoms.